The molecule has 1 aromatic carbocycles. The molecule has 0 radical (unpaired) electrons. The van der Waals surface area contributed by atoms with E-state index in [1.54, 1.807) is 21.3 Å². The van der Waals surface area contributed by atoms with Crippen LogP contribution in [0.15, 0.2) is 18.2 Å². The van der Waals surface area contributed by atoms with Gasteiger partial charge >= 0.3 is 0 Å². The highest BCUT2D eigenvalue weighted by Gasteiger charge is 2.26. The minimum absolute atomic E-state index is 0.330. The maximum Gasteiger partial charge on any atom is 0.123 e. The summed E-state index contributed by atoms with van der Waals surface area (Å²) in [5.41, 5.74) is 1.11. The van der Waals surface area contributed by atoms with E-state index in [1.807, 2.05) is 18.2 Å². The van der Waals surface area contributed by atoms with E-state index in [1.165, 1.54) is 12.8 Å². The molecule has 1 aliphatic rings. The Balaban J connectivity index is 2.01. The predicted molar refractivity (Wildman–Crippen MR) is 74.8 cm³/mol. The number of ether oxygens (including phenoxy) is 3. The Labute approximate surface area is 115 Å². The Kier molecular flexibility index (Phi) is 5.05. The van der Waals surface area contributed by atoms with Gasteiger partial charge in [-0.1, -0.05) is 0 Å². The van der Waals surface area contributed by atoms with Crippen LogP contribution in [0.4, 0.5) is 0 Å². The molecule has 1 N–H and O–H groups in total. The fourth-order valence-electron chi connectivity index (χ4n) is 2.70. The third kappa shape index (κ3) is 3.39. The summed E-state index contributed by atoms with van der Waals surface area (Å²) in [5, 5.41) is 3.56. The number of methoxy groups -OCH3 is 3. The van der Waals surface area contributed by atoms with Gasteiger partial charge in [-0.15, -0.1) is 0 Å². The van der Waals surface area contributed by atoms with Gasteiger partial charge in [-0.3, -0.25) is 0 Å². The zero-order valence-corrected chi connectivity index (χ0v) is 11.9. The third-order valence-electron chi connectivity index (χ3n) is 3.80. The van der Waals surface area contributed by atoms with Crippen molar-refractivity contribution in [3.8, 4) is 11.5 Å². The first-order chi connectivity index (χ1) is 9.28. The standard InChI is InChI=1S/C15H23NO3/c1-17-12-7-8-14(18-2)11(9-12)10-16-13-5-4-6-15(13)19-3/h7-9,13,15-16H,4-6,10H2,1-3H3. The van der Waals surface area contributed by atoms with Crippen molar-refractivity contribution >= 4 is 0 Å². The monoisotopic (exact) mass is 265 g/mol. The van der Waals surface area contributed by atoms with E-state index in [4.69, 9.17) is 14.2 Å². The molecule has 0 amide bonds. The minimum Gasteiger partial charge on any atom is -0.497 e. The quantitative estimate of drug-likeness (QED) is 0.857. The Morgan fingerprint density at radius 1 is 1.16 bits per heavy atom. The molecular weight excluding hydrogens is 242 g/mol. The van der Waals surface area contributed by atoms with Crippen LogP contribution in [0.1, 0.15) is 24.8 Å². The summed E-state index contributed by atoms with van der Waals surface area (Å²) in [4.78, 5) is 0. The maximum atomic E-state index is 5.50. The Morgan fingerprint density at radius 3 is 2.68 bits per heavy atom. The highest BCUT2D eigenvalue weighted by molar-refractivity contribution is 5.40. The fraction of sp³-hybridized carbons (Fsp3) is 0.600. The maximum absolute atomic E-state index is 5.50. The highest BCUT2D eigenvalue weighted by atomic mass is 16.5. The van der Waals surface area contributed by atoms with E-state index in [0.717, 1.165) is 30.0 Å². The Morgan fingerprint density at radius 2 is 2.00 bits per heavy atom. The topological polar surface area (TPSA) is 39.7 Å². The average molecular weight is 265 g/mol. The normalized spacial score (nSPS) is 22.5. The van der Waals surface area contributed by atoms with Crippen LogP contribution in [0.2, 0.25) is 0 Å². The summed E-state index contributed by atoms with van der Waals surface area (Å²) in [6.07, 6.45) is 3.87. The second-order valence-electron chi connectivity index (χ2n) is 4.87. The van der Waals surface area contributed by atoms with Crippen molar-refractivity contribution in [1.82, 2.24) is 5.32 Å². The van der Waals surface area contributed by atoms with Crippen LogP contribution < -0.4 is 14.8 Å². The zero-order chi connectivity index (χ0) is 13.7. The van der Waals surface area contributed by atoms with Gasteiger partial charge in [-0.05, 0) is 37.5 Å². The van der Waals surface area contributed by atoms with Crippen molar-refractivity contribution in [2.45, 2.75) is 38.0 Å². The zero-order valence-electron chi connectivity index (χ0n) is 11.9. The lowest BCUT2D eigenvalue weighted by Gasteiger charge is -2.20. The molecule has 4 nitrogen and oxygen atoms in total. The van der Waals surface area contributed by atoms with Crippen molar-refractivity contribution in [3.05, 3.63) is 23.8 Å². The molecule has 2 rings (SSSR count). The molecule has 0 saturated heterocycles. The SMILES string of the molecule is COc1ccc(OC)c(CNC2CCCC2OC)c1. The van der Waals surface area contributed by atoms with Crippen molar-refractivity contribution in [2.24, 2.45) is 0 Å². The summed E-state index contributed by atoms with van der Waals surface area (Å²) in [5.74, 6) is 1.74. The van der Waals surface area contributed by atoms with E-state index >= 15 is 0 Å². The number of nitrogens with one attached hydrogen (secondary N) is 1. The number of hydrogen-bond donors (Lipinski definition) is 1. The molecule has 0 aliphatic heterocycles. The van der Waals surface area contributed by atoms with E-state index < -0.39 is 0 Å². The first-order valence-electron chi connectivity index (χ1n) is 6.75. The lowest BCUT2D eigenvalue weighted by atomic mass is 10.1. The first-order valence-corrected chi connectivity index (χ1v) is 6.75. The van der Waals surface area contributed by atoms with Gasteiger partial charge in [0.15, 0.2) is 0 Å². The van der Waals surface area contributed by atoms with Crippen LogP contribution in [0.25, 0.3) is 0 Å². The molecule has 1 aromatic rings. The van der Waals surface area contributed by atoms with Crippen LogP contribution in [-0.4, -0.2) is 33.5 Å². The van der Waals surface area contributed by atoms with Gasteiger partial charge < -0.3 is 19.5 Å². The molecule has 4 heteroatoms. The first kappa shape index (κ1) is 14.2. The molecule has 1 fully saturated rings. The number of hydrogen-bond acceptors (Lipinski definition) is 4. The lowest BCUT2D eigenvalue weighted by molar-refractivity contribution is 0.0846. The molecular formula is C15H23NO3. The molecule has 19 heavy (non-hydrogen) atoms. The van der Waals surface area contributed by atoms with Crippen LogP contribution in [0.5, 0.6) is 11.5 Å². The van der Waals surface area contributed by atoms with Gasteiger partial charge in [0.2, 0.25) is 0 Å². The van der Waals surface area contributed by atoms with E-state index in [0.29, 0.717) is 12.1 Å². The summed E-state index contributed by atoms with van der Waals surface area (Å²) in [6.45, 7) is 0.769. The summed E-state index contributed by atoms with van der Waals surface area (Å²) < 4.78 is 16.1. The second-order valence-corrected chi connectivity index (χ2v) is 4.87. The van der Waals surface area contributed by atoms with Gasteiger partial charge in [-0.25, -0.2) is 0 Å². The smallest absolute Gasteiger partial charge is 0.123 e. The van der Waals surface area contributed by atoms with Crippen molar-refractivity contribution in [3.63, 3.8) is 0 Å². The molecule has 0 spiro atoms. The van der Waals surface area contributed by atoms with Crippen molar-refractivity contribution < 1.29 is 14.2 Å². The molecule has 2 atom stereocenters. The Hall–Kier alpha value is -1.26. The van der Waals surface area contributed by atoms with Crippen LogP contribution >= 0.6 is 0 Å². The third-order valence-corrected chi connectivity index (χ3v) is 3.80. The molecule has 0 aromatic heterocycles. The number of benzene rings is 1. The fourth-order valence-corrected chi connectivity index (χ4v) is 2.70. The molecule has 0 heterocycles. The van der Waals surface area contributed by atoms with E-state index in [9.17, 15) is 0 Å². The highest BCUT2D eigenvalue weighted by Crippen LogP contribution is 2.26. The van der Waals surface area contributed by atoms with Gasteiger partial charge in [-0.2, -0.15) is 0 Å². The largest absolute Gasteiger partial charge is 0.497 e. The van der Waals surface area contributed by atoms with Gasteiger partial charge in [0.1, 0.15) is 11.5 Å². The lowest BCUT2D eigenvalue weighted by Crippen LogP contribution is -2.36. The summed E-state index contributed by atoms with van der Waals surface area (Å²) in [7, 11) is 5.16. The summed E-state index contributed by atoms with van der Waals surface area (Å²) in [6, 6.07) is 6.30. The minimum atomic E-state index is 0.330. The van der Waals surface area contributed by atoms with Gasteiger partial charge in [0.25, 0.3) is 0 Å². The predicted octanol–water partition coefficient (Wildman–Crippen LogP) is 2.36. The molecule has 1 saturated carbocycles. The number of rotatable bonds is 6. The molecule has 106 valence electrons. The van der Waals surface area contributed by atoms with Crippen molar-refractivity contribution in [1.29, 1.82) is 0 Å². The van der Waals surface area contributed by atoms with E-state index in [2.05, 4.69) is 5.32 Å². The molecule has 1 aliphatic carbocycles. The van der Waals surface area contributed by atoms with Gasteiger partial charge in [0, 0.05) is 25.3 Å². The second kappa shape index (κ2) is 6.78. The molecule has 2 unspecified atom stereocenters. The van der Waals surface area contributed by atoms with Crippen molar-refractivity contribution in [2.75, 3.05) is 21.3 Å². The van der Waals surface area contributed by atoms with Crippen LogP contribution in [0.3, 0.4) is 0 Å². The van der Waals surface area contributed by atoms with Crippen LogP contribution in [-0.2, 0) is 11.3 Å². The molecule has 0 bridgehead atoms. The Bertz CT molecular complexity index is 408. The summed E-state index contributed by atoms with van der Waals surface area (Å²) >= 11 is 0. The van der Waals surface area contributed by atoms with Gasteiger partial charge in [0.05, 0.1) is 20.3 Å². The average Bonchev–Trinajstić information content (AvgIpc) is 2.92. The van der Waals surface area contributed by atoms with E-state index in [-0.39, 0.29) is 0 Å². The van der Waals surface area contributed by atoms with Crippen LogP contribution in [0, 0.1) is 0 Å².